The fraction of sp³-hybridized carbons (Fsp3) is 0.200. The van der Waals surface area contributed by atoms with Gasteiger partial charge >= 0.3 is 0 Å². The predicted octanol–water partition coefficient (Wildman–Crippen LogP) is 3.43. The highest BCUT2D eigenvalue weighted by atomic mass is 16.5. The Balaban J connectivity index is 1.89. The molecule has 0 saturated heterocycles. The van der Waals surface area contributed by atoms with E-state index >= 15 is 0 Å². The summed E-state index contributed by atoms with van der Waals surface area (Å²) in [4.78, 5) is 26.8. The van der Waals surface area contributed by atoms with E-state index in [1.807, 2.05) is 61.5 Å². The van der Waals surface area contributed by atoms with Crippen LogP contribution in [0.25, 0.3) is 5.57 Å². The molecule has 0 saturated carbocycles. The van der Waals surface area contributed by atoms with Crippen molar-refractivity contribution in [1.29, 1.82) is 0 Å². The number of hydrogen-bond donors (Lipinski definition) is 0. The Morgan fingerprint density at radius 3 is 2.17 bits per heavy atom. The Hall–Kier alpha value is -2.88. The number of ether oxygens (including phenoxy) is 1. The molecule has 0 bridgehead atoms. The van der Waals surface area contributed by atoms with Crippen molar-refractivity contribution in [2.24, 2.45) is 0 Å². The number of amides is 2. The van der Waals surface area contributed by atoms with Crippen LogP contribution < -0.4 is 4.74 Å². The lowest BCUT2D eigenvalue weighted by atomic mass is 10.0. The van der Waals surface area contributed by atoms with Gasteiger partial charge in [-0.05, 0) is 29.7 Å². The Morgan fingerprint density at radius 1 is 0.917 bits per heavy atom. The number of imide groups is 1. The second-order valence-electron chi connectivity index (χ2n) is 5.62. The summed E-state index contributed by atoms with van der Waals surface area (Å²) >= 11 is 0. The first-order valence-electron chi connectivity index (χ1n) is 7.93. The molecule has 122 valence electrons. The van der Waals surface area contributed by atoms with Crippen LogP contribution in [0.1, 0.15) is 24.5 Å². The van der Waals surface area contributed by atoms with Crippen molar-refractivity contribution >= 4 is 17.4 Å². The zero-order chi connectivity index (χ0) is 17.1. The van der Waals surface area contributed by atoms with Crippen LogP contribution in [0.4, 0.5) is 0 Å². The molecule has 2 aromatic rings. The van der Waals surface area contributed by atoms with Gasteiger partial charge in [0.2, 0.25) is 0 Å². The van der Waals surface area contributed by atoms with Crippen LogP contribution >= 0.6 is 0 Å². The topological polar surface area (TPSA) is 46.6 Å². The molecule has 1 heterocycles. The number of carbonyl (C=O) groups is 2. The van der Waals surface area contributed by atoms with E-state index < -0.39 is 0 Å². The van der Waals surface area contributed by atoms with Crippen LogP contribution in [0, 0.1) is 0 Å². The predicted molar refractivity (Wildman–Crippen MR) is 92.2 cm³/mol. The lowest BCUT2D eigenvalue weighted by Crippen LogP contribution is -2.31. The van der Waals surface area contributed by atoms with Gasteiger partial charge < -0.3 is 4.74 Å². The summed E-state index contributed by atoms with van der Waals surface area (Å²) < 4.78 is 5.14. The molecule has 0 spiro atoms. The minimum Gasteiger partial charge on any atom is -0.497 e. The summed E-state index contributed by atoms with van der Waals surface area (Å²) in [5.41, 5.74) is 2.79. The van der Waals surface area contributed by atoms with Crippen molar-refractivity contribution in [3.05, 3.63) is 71.3 Å². The summed E-state index contributed by atoms with van der Waals surface area (Å²) in [5, 5.41) is 0. The van der Waals surface area contributed by atoms with Crippen LogP contribution in [0.3, 0.4) is 0 Å². The van der Waals surface area contributed by atoms with E-state index in [1.54, 1.807) is 7.11 Å². The van der Waals surface area contributed by atoms with Crippen molar-refractivity contribution in [2.45, 2.75) is 19.9 Å². The average Bonchev–Trinajstić information content (AvgIpc) is 2.87. The lowest BCUT2D eigenvalue weighted by Gasteiger charge is -2.15. The zero-order valence-corrected chi connectivity index (χ0v) is 13.8. The number of rotatable bonds is 5. The van der Waals surface area contributed by atoms with Gasteiger partial charge in [-0.25, -0.2) is 0 Å². The highest BCUT2D eigenvalue weighted by molar-refractivity contribution is 6.35. The van der Waals surface area contributed by atoms with Gasteiger partial charge in [0.05, 0.1) is 19.2 Å². The minimum absolute atomic E-state index is 0.197. The van der Waals surface area contributed by atoms with Gasteiger partial charge in [0.1, 0.15) is 5.75 Å². The molecule has 0 unspecified atom stereocenters. The van der Waals surface area contributed by atoms with Gasteiger partial charge in [0.15, 0.2) is 0 Å². The third-order valence-corrected chi connectivity index (χ3v) is 4.18. The molecule has 4 nitrogen and oxygen atoms in total. The van der Waals surface area contributed by atoms with E-state index in [9.17, 15) is 9.59 Å². The number of hydrogen-bond acceptors (Lipinski definition) is 3. The molecule has 3 rings (SSSR count). The normalized spacial score (nSPS) is 14.5. The summed E-state index contributed by atoms with van der Waals surface area (Å²) in [6, 6.07) is 16.8. The second-order valence-corrected chi connectivity index (χ2v) is 5.62. The number of methoxy groups -OCH3 is 1. The molecule has 2 amide bonds. The van der Waals surface area contributed by atoms with Crippen LogP contribution in [0.5, 0.6) is 5.75 Å². The highest BCUT2D eigenvalue weighted by Crippen LogP contribution is 2.32. The van der Waals surface area contributed by atoms with Crippen molar-refractivity contribution in [3.8, 4) is 5.75 Å². The van der Waals surface area contributed by atoms with E-state index in [-0.39, 0.29) is 18.4 Å². The lowest BCUT2D eigenvalue weighted by molar-refractivity contribution is -0.137. The summed E-state index contributed by atoms with van der Waals surface area (Å²) in [7, 11) is 1.60. The first kappa shape index (κ1) is 16.0. The first-order chi connectivity index (χ1) is 11.7. The fourth-order valence-corrected chi connectivity index (χ4v) is 2.91. The maximum Gasteiger partial charge on any atom is 0.262 e. The number of carbonyl (C=O) groups excluding carboxylic acids is 2. The van der Waals surface area contributed by atoms with Gasteiger partial charge in [-0.1, -0.05) is 49.4 Å². The van der Waals surface area contributed by atoms with E-state index in [0.29, 0.717) is 17.6 Å². The molecule has 0 radical (unpaired) electrons. The number of benzene rings is 2. The second kappa shape index (κ2) is 6.71. The van der Waals surface area contributed by atoms with Crippen molar-refractivity contribution < 1.29 is 14.3 Å². The Labute approximate surface area is 141 Å². The minimum atomic E-state index is -0.223. The van der Waals surface area contributed by atoms with Crippen LogP contribution in [-0.2, 0) is 16.1 Å². The smallest absolute Gasteiger partial charge is 0.262 e. The molecule has 24 heavy (non-hydrogen) atoms. The van der Waals surface area contributed by atoms with Gasteiger partial charge in [-0.2, -0.15) is 0 Å². The van der Waals surface area contributed by atoms with Crippen LogP contribution in [-0.4, -0.2) is 23.8 Å². The highest BCUT2D eigenvalue weighted by Gasteiger charge is 2.37. The molecule has 0 aliphatic carbocycles. The van der Waals surface area contributed by atoms with E-state index in [1.165, 1.54) is 4.90 Å². The number of nitrogens with zero attached hydrogens (tertiary/aromatic N) is 1. The standard InChI is InChI=1S/C20H19NO3/c1-3-17-18(15-7-5-4-6-8-15)20(23)21(19(17)22)13-14-9-11-16(24-2)12-10-14/h4-12H,3,13H2,1-2H3. The molecule has 0 N–H and O–H groups in total. The molecule has 2 aromatic carbocycles. The molecule has 4 heteroatoms. The Kier molecular flexibility index (Phi) is 4.47. The monoisotopic (exact) mass is 321 g/mol. The molecular formula is C20H19NO3. The quantitative estimate of drug-likeness (QED) is 0.793. The Bertz CT molecular complexity index is 791. The van der Waals surface area contributed by atoms with Crippen molar-refractivity contribution in [1.82, 2.24) is 4.90 Å². The summed E-state index contributed by atoms with van der Waals surface area (Å²) in [6.07, 6.45) is 0.536. The fourth-order valence-electron chi connectivity index (χ4n) is 2.91. The maximum absolute atomic E-state index is 12.8. The zero-order valence-electron chi connectivity index (χ0n) is 13.8. The van der Waals surface area contributed by atoms with Crippen molar-refractivity contribution in [3.63, 3.8) is 0 Å². The SMILES string of the molecule is CCC1=C(c2ccccc2)C(=O)N(Cc2ccc(OC)cc2)C1=O. The van der Waals surface area contributed by atoms with E-state index in [0.717, 1.165) is 16.9 Å². The first-order valence-corrected chi connectivity index (χ1v) is 7.93. The molecule has 1 aliphatic rings. The van der Waals surface area contributed by atoms with Gasteiger partial charge in [0, 0.05) is 5.57 Å². The van der Waals surface area contributed by atoms with Crippen LogP contribution in [0.2, 0.25) is 0 Å². The van der Waals surface area contributed by atoms with Gasteiger partial charge in [0.25, 0.3) is 11.8 Å². The molecule has 0 aromatic heterocycles. The summed E-state index contributed by atoms with van der Waals surface area (Å²) in [5.74, 6) is 0.325. The van der Waals surface area contributed by atoms with E-state index in [4.69, 9.17) is 4.74 Å². The molecule has 0 atom stereocenters. The van der Waals surface area contributed by atoms with Gasteiger partial charge in [-0.3, -0.25) is 14.5 Å². The Morgan fingerprint density at radius 2 is 1.58 bits per heavy atom. The molecular weight excluding hydrogens is 302 g/mol. The largest absolute Gasteiger partial charge is 0.497 e. The maximum atomic E-state index is 12.8. The van der Waals surface area contributed by atoms with E-state index in [2.05, 4.69) is 0 Å². The van der Waals surface area contributed by atoms with Gasteiger partial charge in [-0.15, -0.1) is 0 Å². The van der Waals surface area contributed by atoms with Crippen LogP contribution in [0.15, 0.2) is 60.2 Å². The molecule has 1 aliphatic heterocycles. The summed E-state index contributed by atoms with van der Waals surface area (Å²) in [6.45, 7) is 2.17. The average molecular weight is 321 g/mol. The third kappa shape index (κ3) is 2.83. The molecule has 0 fully saturated rings. The van der Waals surface area contributed by atoms with Crippen molar-refractivity contribution in [2.75, 3.05) is 7.11 Å². The third-order valence-electron chi connectivity index (χ3n) is 4.18.